The highest BCUT2D eigenvalue weighted by Gasteiger charge is 2.30. The van der Waals surface area contributed by atoms with Crippen LogP contribution in [-0.4, -0.2) is 17.3 Å². The molecule has 0 bridgehead atoms. The van der Waals surface area contributed by atoms with Gasteiger partial charge in [0.05, 0.1) is 12.3 Å². The number of nitrogens with one attached hydrogen (secondary N) is 1. The molecule has 1 aromatic heterocycles. The van der Waals surface area contributed by atoms with Crippen LogP contribution in [-0.2, 0) is 0 Å². The molecule has 0 saturated heterocycles. The van der Waals surface area contributed by atoms with Gasteiger partial charge >= 0.3 is 0 Å². The molecular weight excluding hydrogens is 176 g/mol. The molecule has 1 aromatic rings. The van der Waals surface area contributed by atoms with Crippen molar-refractivity contribution in [3.8, 4) is 5.75 Å². The summed E-state index contributed by atoms with van der Waals surface area (Å²) in [5.41, 5.74) is 1.13. The van der Waals surface area contributed by atoms with Crippen molar-refractivity contribution in [3.05, 3.63) is 24.0 Å². The maximum atomic E-state index is 8.07. The van der Waals surface area contributed by atoms with Crippen LogP contribution in [0, 0.1) is 10.8 Å². The lowest BCUT2D eigenvalue weighted by atomic mass is 9.83. The van der Waals surface area contributed by atoms with Gasteiger partial charge in [0.15, 0.2) is 0 Å². The van der Waals surface area contributed by atoms with Gasteiger partial charge in [0.2, 0.25) is 0 Å². The average Bonchev–Trinajstić information content (AvgIpc) is 2.27. The van der Waals surface area contributed by atoms with Gasteiger partial charge < -0.3 is 10.1 Å². The van der Waals surface area contributed by atoms with Gasteiger partial charge in [-0.1, -0.05) is 13.8 Å². The van der Waals surface area contributed by atoms with Gasteiger partial charge in [0, 0.05) is 11.6 Å². The van der Waals surface area contributed by atoms with Crippen molar-refractivity contribution in [3.63, 3.8) is 0 Å². The molecule has 0 unspecified atom stereocenters. The summed E-state index contributed by atoms with van der Waals surface area (Å²) in [6, 6.07) is 3.71. The summed E-state index contributed by atoms with van der Waals surface area (Å²) < 4.78 is 5.55. The van der Waals surface area contributed by atoms with Crippen LogP contribution >= 0.6 is 0 Å². The molecule has 14 heavy (non-hydrogen) atoms. The van der Waals surface area contributed by atoms with Crippen molar-refractivity contribution in [2.45, 2.75) is 20.3 Å². The summed E-state index contributed by atoms with van der Waals surface area (Å²) in [5.74, 6) is 0.739. The zero-order valence-electron chi connectivity index (χ0n) is 8.50. The van der Waals surface area contributed by atoms with E-state index >= 15 is 0 Å². The van der Waals surface area contributed by atoms with Crippen LogP contribution in [0.1, 0.15) is 26.0 Å². The number of pyridine rings is 1. The highest BCUT2D eigenvalue weighted by Crippen LogP contribution is 2.32. The molecule has 1 aliphatic rings. The first-order valence-corrected chi connectivity index (χ1v) is 4.78. The fraction of sp³-hybridized carbons (Fsp3) is 0.455. The fourth-order valence-corrected chi connectivity index (χ4v) is 1.56. The largest absolute Gasteiger partial charge is 0.491 e. The first-order valence-electron chi connectivity index (χ1n) is 4.78. The van der Waals surface area contributed by atoms with E-state index in [0.717, 1.165) is 12.2 Å². The number of rotatable bonds is 0. The zero-order chi connectivity index (χ0) is 10.2. The van der Waals surface area contributed by atoms with Crippen LogP contribution < -0.4 is 4.74 Å². The van der Waals surface area contributed by atoms with Crippen molar-refractivity contribution < 1.29 is 4.74 Å². The molecule has 0 atom stereocenters. The third-order valence-electron chi connectivity index (χ3n) is 2.67. The van der Waals surface area contributed by atoms with Crippen LogP contribution in [0.3, 0.4) is 0 Å². The second-order valence-electron chi connectivity index (χ2n) is 4.21. The molecule has 1 N–H and O–H groups in total. The zero-order valence-corrected chi connectivity index (χ0v) is 8.50. The molecule has 2 heterocycles. The molecule has 0 radical (unpaired) electrons. The second kappa shape index (κ2) is 3.08. The first-order chi connectivity index (χ1) is 6.61. The van der Waals surface area contributed by atoms with Gasteiger partial charge in [-0.05, 0) is 18.6 Å². The fourth-order valence-electron chi connectivity index (χ4n) is 1.56. The van der Waals surface area contributed by atoms with E-state index in [1.807, 2.05) is 12.1 Å². The average molecular weight is 190 g/mol. The molecule has 0 fully saturated rings. The van der Waals surface area contributed by atoms with Crippen molar-refractivity contribution in [2.24, 2.45) is 5.41 Å². The first kappa shape index (κ1) is 9.19. The summed E-state index contributed by atoms with van der Waals surface area (Å²) in [4.78, 5) is 4.21. The van der Waals surface area contributed by atoms with Crippen molar-refractivity contribution in [1.82, 2.24) is 4.98 Å². The molecule has 3 nitrogen and oxygen atoms in total. The van der Waals surface area contributed by atoms with E-state index in [2.05, 4.69) is 18.8 Å². The Morgan fingerprint density at radius 2 is 2.29 bits per heavy atom. The summed E-state index contributed by atoms with van der Waals surface area (Å²) in [6.07, 6.45) is 2.57. The minimum absolute atomic E-state index is 0.139. The van der Waals surface area contributed by atoms with E-state index in [9.17, 15) is 0 Å². The summed E-state index contributed by atoms with van der Waals surface area (Å²) in [7, 11) is 0. The second-order valence-corrected chi connectivity index (χ2v) is 4.21. The molecule has 74 valence electrons. The third-order valence-corrected chi connectivity index (χ3v) is 2.67. The van der Waals surface area contributed by atoms with Gasteiger partial charge in [-0.15, -0.1) is 0 Å². The van der Waals surface area contributed by atoms with E-state index in [1.165, 1.54) is 0 Å². The van der Waals surface area contributed by atoms with Gasteiger partial charge in [-0.25, -0.2) is 0 Å². The maximum Gasteiger partial charge on any atom is 0.146 e. The number of nitrogens with zero attached hydrogens (tertiary/aromatic N) is 1. The predicted octanol–water partition coefficient (Wildman–Crippen LogP) is 2.26. The van der Waals surface area contributed by atoms with E-state index in [4.69, 9.17) is 10.1 Å². The highest BCUT2D eigenvalue weighted by molar-refractivity contribution is 6.02. The van der Waals surface area contributed by atoms with Gasteiger partial charge in [0.1, 0.15) is 11.4 Å². The Bertz CT molecular complexity index is 371. The summed E-state index contributed by atoms with van der Waals surface area (Å²) in [5, 5.41) is 8.07. The topological polar surface area (TPSA) is 46.0 Å². The van der Waals surface area contributed by atoms with Gasteiger partial charge in [-0.2, -0.15) is 0 Å². The molecule has 2 rings (SSSR count). The number of aromatic nitrogens is 1. The lowest BCUT2D eigenvalue weighted by molar-refractivity contribution is 0.279. The minimum Gasteiger partial charge on any atom is -0.491 e. The van der Waals surface area contributed by atoms with E-state index in [-0.39, 0.29) is 5.41 Å². The standard InChI is InChI=1S/C11H14N2O/c1-11(2)5-7-14-8-4-3-6-13-9(8)10(11)12/h3-4,6,12H,5,7H2,1-2H3. The smallest absolute Gasteiger partial charge is 0.146 e. The molecule has 0 saturated carbocycles. The summed E-state index contributed by atoms with van der Waals surface area (Å²) in [6.45, 7) is 4.78. The van der Waals surface area contributed by atoms with Crippen molar-refractivity contribution in [1.29, 1.82) is 5.41 Å². The van der Waals surface area contributed by atoms with Crippen LogP contribution in [0.15, 0.2) is 18.3 Å². The van der Waals surface area contributed by atoms with Crippen molar-refractivity contribution in [2.75, 3.05) is 6.61 Å². The Kier molecular flexibility index (Phi) is 2.02. The number of hydrogen-bond acceptors (Lipinski definition) is 3. The molecule has 0 aromatic carbocycles. The molecule has 3 heteroatoms. The molecular formula is C11H14N2O. The van der Waals surface area contributed by atoms with Gasteiger partial charge in [-0.3, -0.25) is 4.98 Å². The number of hydrogen-bond donors (Lipinski definition) is 1. The highest BCUT2D eigenvalue weighted by atomic mass is 16.5. The Balaban J connectivity index is 2.51. The Hall–Kier alpha value is -1.38. The van der Waals surface area contributed by atoms with Crippen LogP contribution in [0.4, 0.5) is 0 Å². The van der Waals surface area contributed by atoms with E-state index in [1.54, 1.807) is 6.20 Å². The monoisotopic (exact) mass is 190 g/mol. The van der Waals surface area contributed by atoms with Crippen molar-refractivity contribution >= 4 is 5.71 Å². The molecule has 1 aliphatic heterocycles. The Labute approximate surface area is 83.6 Å². The Morgan fingerprint density at radius 3 is 3.07 bits per heavy atom. The minimum atomic E-state index is -0.139. The lowest BCUT2D eigenvalue weighted by Gasteiger charge is -2.21. The molecule has 0 amide bonds. The SMILES string of the molecule is CC1(C)CCOc2cccnc2C1=N. The number of fused-ring (bicyclic) bond motifs is 1. The van der Waals surface area contributed by atoms with E-state index in [0.29, 0.717) is 18.0 Å². The third kappa shape index (κ3) is 1.39. The van der Waals surface area contributed by atoms with Crippen LogP contribution in [0.25, 0.3) is 0 Å². The normalized spacial score (nSPS) is 19.4. The van der Waals surface area contributed by atoms with Crippen LogP contribution in [0.2, 0.25) is 0 Å². The van der Waals surface area contributed by atoms with Crippen LogP contribution in [0.5, 0.6) is 5.75 Å². The van der Waals surface area contributed by atoms with Gasteiger partial charge in [0.25, 0.3) is 0 Å². The predicted molar refractivity (Wildman–Crippen MR) is 55.0 cm³/mol. The molecule has 0 aliphatic carbocycles. The number of ether oxygens (including phenoxy) is 1. The molecule has 0 spiro atoms. The lowest BCUT2D eigenvalue weighted by Crippen LogP contribution is -2.24. The van der Waals surface area contributed by atoms with E-state index < -0.39 is 0 Å². The Morgan fingerprint density at radius 1 is 1.50 bits per heavy atom. The quantitative estimate of drug-likeness (QED) is 0.682. The summed E-state index contributed by atoms with van der Waals surface area (Å²) >= 11 is 0. The maximum absolute atomic E-state index is 8.07.